The minimum Gasteiger partial charge on any atom is -0.372 e. The zero-order chi connectivity index (χ0) is 18.9. The summed E-state index contributed by atoms with van der Waals surface area (Å²) in [4.78, 5) is 4.87. The summed E-state index contributed by atoms with van der Waals surface area (Å²) in [6.07, 6.45) is 1.14. The van der Waals surface area contributed by atoms with Crippen molar-refractivity contribution in [1.82, 2.24) is 4.90 Å². The Kier molecular flexibility index (Phi) is 5.19. The Hall–Kier alpha value is -1.93. The van der Waals surface area contributed by atoms with Gasteiger partial charge in [-0.05, 0) is 41.8 Å². The Morgan fingerprint density at radius 3 is 2.41 bits per heavy atom. The summed E-state index contributed by atoms with van der Waals surface area (Å²) in [5.41, 5.74) is 3.76. The second kappa shape index (κ2) is 7.59. The molecule has 2 aromatic rings. The number of rotatable bonds is 4. The molecule has 1 atom stereocenters. The summed E-state index contributed by atoms with van der Waals surface area (Å²) in [6.45, 7) is 5.43. The van der Waals surface area contributed by atoms with Gasteiger partial charge in [-0.15, -0.1) is 0 Å². The van der Waals surface area contributed by atoms with Crippen molar-refractivity contribution >= 4 is 15.7 Å². The smallest absolute Gasteiger partial charge is 0.238 e. The summed E-state index contributed by atoms with van der Waals surface area (Å²) >= 11 is 0. The lowest BCUT2D eigenvalue weighted by Gasteiger charge is -2.38. The van der Waals surface area contributed by atoms with Gasteiger partial charge in [0.2, 0.25) is 10.0 Å². The number of ether oxygens (including phenoxy) is 1. The van der Waals surface area contributed by atoms with E-state index >= 15 is 0 Å². The van der Waals surface area contributed by atoms with Gasteiger partial charge in [0.05, 0.1) is 17.6 Å². The minimum absolute atomic E-state index is 0.149. The number of nitrogens with zero attached hydrogens (tertiary/aromatic N) is 2. The van der Waals surface area contributed by atoms with Crippen molar-refractivity contribution in [3.05, 3.63) is 59.7 Å². The Morgan fingerprint density at radius 1 is 1.00 bits per heavy atom. The van der Waals surface area contributed by atoms with E-state index in [0.717, 1.165) is 51.4 Å². The van der Waals surface area contributed by atoms with Crippen LogP contribution < -0.4 is 10.0 Å². The molecule has 1 fully saturated rings. The monoisotopic (exact) mass is 387 g/mol. The molecule has 2 aliphatic heterocycles. The van der Waals surface area contributed by atoms with Crippen LogP contribution in [-0.4, -0.2) is 52.6 Å². The molecule has 0 aromatic heterocycles. The van der Waals surface area contributed by atoms with Crippen molar-refractivity contribution in [2.75, 3.05) is 44.2 Å². The molecule has 144 valence electrons. The lowest BCUT2D eigenvalue weighted by Crippen LogP contribution is -2.48. The first-order valence-electron chi connectivity index (χ1n) is 9.30. The molecule has 2 aliphatic rings. The van der Waals surface area contributed by atoms with Gasteiger partial charge in [-0.3, -0.25) is 4.90 Å². The molecular formula is C20H25N3O3S. The molecule has 7 heteroatoms. The van der Waals surface area contributed by atoms with E-state index in [1.165, 1.54) is 11.1 Å². The van der Waals surface area contributed by atoms with Gasteiger partial charge in [0.1, 0.15) is 0 Å². The summed E-state index contributed by atoms with van der Waals surface area (Å²) in [5, 5.41) is 5.17. The molecule has 4 rings (SSSR count). The van der Waals surface area contributed by atoms with E-state index in [1.807, 2.05) is 12.1 Å². The number of nitrogens with two attached hydrogens (primary N) is 1. The van der Waals surface area contributed by atoms with Crippen LogP contribution in [0, 0.1) is 0 Å². The van der Waals surface area contributed by atoms with E-state index in [1.54, 1.807) is 12.1 Å². The lowest BCUT2D eigenvalue weighted by atomic mass is 9.97. The quantitative estimate of drug-likeness (QED) is 0.865. The fraction of sp³-hybridized carbons (Fsp3) is 0.400. The van der Waals surface area contributed by atoms with Crippen molar-refractivity contribution in [3.63, 3.8) is 0 Å². The van der Waals surface area contributed by atoms with Crippen LogP contribution in [0.25, 0.3) is 0 Å². The third kappa shape index (κ3) is 4.16. The minimum atomic E-state index is -3.64. The zero-order valence-corrected chi connectivity index (χ0v) is 16.1. The molecule has 0 radical (unpaired) electrons. The van der Waals surface area contributed by atoms with Crippen LogP contribution in [0.1, 0.15) is 17.2 Å². The molecule has 6 nitrogen and oxygen atoms in total. The van der Waals surface area contributed by atoms with Gasteiger partial charge in [-0.2, -0.15) is 0 Å². The number of hydrogen-bond acceptors (Lipinski definition) is 5. The molecule has 1 unspecified atom stereocenters. The normalized spacial score (nSPS) is 21.1. The van der Waals surface area contributed by atoms with Gasteiger partial charge >= 0.3 is 0 Å². The maximum atomic E-state index is 11.4. The average Bonchev–Trinajstić information content (AvgIpc) is 2.68. The number of primary sulfonamides is 1. The lowest BCUT2D eigenvalue weighted by molar-refractivity contribution is 0.0148. The highest BCUT2D eigenvalue weighted by atomic mass is 32.2. The van der Waals surface area contributed by atoms with Gasteiger partial charge < -0.3 is 9.64 Å². The predicted octanol–water partition coefficient (Wildman–Crippen LogP) is 1.77. The van der Waals surface area contributed by atoms with Crippen LogP contribution in [-0.2, 0) is 21.2 Å². The van der Waals surface area contributed by atoms with Crippen molar-refractivity contribution in [1.29, 1.82) is 0 Å². The largest absolute Gasteiger partial charge is 0.372 e. The summed E-state index contributed by atoms with van der Waals surface area (Å²) in [5.74, 6) is 0. The van der Waals surface area contributed by atoms with Crippen molar-refractivity contribution < 1.29 is 13.2 Å². The van der Waals surface area contributed by atoms with E-state index in [0.29, 0.717) is 0 Å². The second-order valence-corrected chi connectivity index (χ2v) is 8.70. The van der Waals surface area contributed by atoms with Crippen LogP contribution >= 0.6 is 0 Å². The van der Waals surface area contributed by atoms with E-state index in [-0.39, 0.29) is 11.0 Å². The first kappa shape index (κ1) is 18.4. The maximum absolute atomic E-state index is 11.4. The van der Waals surface area contributed by atoms with Gasteiger partial charge in [0.25, 0.3) is 0 Å². The van der Waals surface area contributed by atoms with E-state index in [4.69, 9.17) is 9.88 Å². The summed E-state index contributed by atoms with van der Waals surface area (Å²) in [6, 6.07) is 15.4. The molecule has 0 saturated carbocycles. The first-order valence-corrected chi connectivity index (χ1v) is 10.8. The van der Waals surface area contributed by atoms with Crippen molar-refractivity contribution in [2.45, 2.75) is 17.4 Å². The molecule has 0 aliphatic carbocycles. The molecule has 0 amide bonds. The van der Waals surface area contributed by atoms with Gasteiger partial charge in [0.15, 0.2) is 0 Å². The number of fused-ring (bicyclic) bond motifs is 1. The van der Waals surface area contributed by atoms with E-state index in [2.05, 4.69) is 34.1 Å². The van der Waals surface area contributed by atoms with Crippen LogP contribution in [0.15, 0.2) is 53.4 Å². The molecule has 2 aromatic carbocycles. The highest BCUT2D eigenvalue weighted by molar-refractivity contribution is 7.89. The van der Waals surface area contributed by atoms with Gasteiger partial charge in [-0.25, -0.2) is 13.6 Å². The van der Waals surface area contributed by atoms with Crippen LogP contribution in [0.2, 0.25) is 0 Å². The Labute approximate surface area is 160 Å². The molecule has 0 spiro atoms. The highest BCUT2D eigenvalue weighted by Gasteiger charge is 2.25. The molecule has 2 heterocycles. The fourth-order valence-electron chi connectivity index (χ4n) is 3.90. The Morgan fingerprint density at radius 2 is 1.70 bits per heavy atom. The average molecular weight is 388 g/mol. The topological polar surface area (TPSA) is 75.9 Å². The second-order valence-electron chi connectivity index (χ2n) is 7.13. The van der Waals surface area contributed by atoms with Gasteiger partial charge in [-0.1, -0.05) is 24.3 Å². The van der Waals surface area contributed by atoms with Gasteiger partial charge in [0, 0.05) is 38.4 Å². The fourth-order valence-corrected chi connectivity index (χ4v) is 4.41. The van der Waals surface area contributed by atoms with E-state index < -0.39 is 10.0 Å². The number of piperazine rings is 1. The molecule has 27 heavy (non-hydrogen) atoms. The molecule has 2 N–H and O–H groups in total. The van der Waals surface area contributed by atoms with Crippen molar-refractivity contribution in [3.8, 4) is 0 Å². The van der Waals surface area contributed by atoms with Crippen molar-refractivity contribution in [2.24, 2.45) is 5.14 Å². The number of sulfonamides is 1. The molecule has 0 bridgehead atoms. The van der Waals surface area contributed by atoms with Crippen LogP contribution in [0.4, 0.5) is 5.69 Å². The predicted molar refractivity (Wildman–Crippen MR) is 105 cm³/mol. The Balaban J connectivity index is 1.36. The highest BCUT2D eigenvalue weighted by Crippen LogP contribution is 2.28. The third-order valence-corrected chi connectivity index (χ3v) is 6.35. The number of benzene rings is 2. The number of anilines is 1. The molecular weight excluding hydrogens is 362 g/mol. The van der Waals surface area contributed by atoms with Crippen LogP contribution in [0.3, 0.4) is 0 Å². The van der Waals surface area contributed by atoms with Crippen LogP contribution in [0.5, 0.6) is 0 Å². The SMILES string of the molecule is NS(=O)(=O)c1ccc(N2CCN(CC3OCCc4ccccc43)CC2)cc1. The Bertz CT molecular complexity index is 891. The number of hydrogen-bond donors (Lipinski definition) is 1. The summed E-state index contributed by atoms with van der Waals surface area (Å²) in [7, 11) is -3.64. The van der Waals surface area contributed by atoms with E-state index in [9.17, 15) is 8.42 Å². The first-order chi connectivity index (χ1) is 13.0. The maximum Gasteiger partial charge on any atom is 0.238 e. The third-order valence-electron chi connectivity index (χ3n) is 5.42. The molecule has 1 saturated heterocycles. The zero-order valence-electron chi connectivity index (χ0n) is 15.3. The standard InChI is InChI=1S/C20H25N3O3S/c21-27(24,25)18-7-5-17(6-8-18)23-12-10-22(11-13-23)15-20-19-4-2-1-3-16(19)9-14-26-20/h1-8,20H,9-15H2,(H2,21,24,25). The summed E-state index contributed by atoms with van der Waals surface area (Å²) < 4.78 is 28.8.